The number of carbonyl (C=O) groups excluding carboxylic acids is 1. The highest BCUT2D eigenvalue weighted by molar-refractivity contribution is 5.87. The highest BCUT2D eigenvalue weighted by Gasteiger charge is 2.23. The van der Waals surface area contributed by atoms with E-state index in [9.17, 15) is 9.18 Å². The van der Waals surface area contributed by atoms with Crippen LogP contribution in [0.4, 0.5) is 20.6 Å². The summed E-state index contributed by atoms with van der Waals surface area (Å²) in [5.41, 5.74) is 2.83. The summed E-state index contributed by atoms with van der Waals surface area (Å²) in [6.45, 7) is 9.00. The summed E-state index contributed by atoms with van der Waals surface area (Å²) in [7, 11) is 0. The van der Waals surface area contributed by atoms with Crippen molar-refractivity contribution in [1.82, 2.24) is 4.98 Å². The van der Waals surface area contributed by atoms with Crippen LogP contribution in [0.3, 0.4) is 0 Å². The van der Waals surface area contributed by atoms with Crippen LogP contribution in [0.25, 0.3) is 0 Å². The molecule has 0 spiro atoms. The van der Waals surface area contributed by atoms with Crippen LogP contribution in [0, 0.1) is 6.92 Å². The quantitative estimate of drug-likeness (QED) is 0.623. The third-order valence-corrected chi connectivity index (χ3v) is 3.65. The summed E-state index contributed by atoms with van der Waals surface area (Å²) in [5.74, 6) is 0.439. The molecular weight excluding hydrogens is 321 g/mol. The molecule has 0 saturated heterocycles. The Labute approximate surface area is 147 Å². The largest absolute Gasteiger partial charge is 0.501 e. The number of para-hydroxylation sites is 1. The lowest BCUT2D eigenvalue weighted by Gasteiger charge is -2.12. The zero-order chi connectivity index (χ0) is 18.4. The molecule has 0 fully saturated rings. The molecular formula is C19H23FN3O2+. The number of aryl methyl sites for hydroxylation is 1. The Morgan fingerprint density at radius 3 is 2.72 bits per heavy atom. The number of amides is 2. The van der Waals surface area contributed by atoms with Gasteiger partial charge in [0, 0.05) is 11.3 Å². The number of halogens is 1. The molecule has 132 valence electrons. The van der Waals surface area contributed by atoms with Crippen molar-refractivity contribution < 1.29 is 18.5 Å². The fraction of sp³-hybridized carbons (Fsp3) is 0.316. The van der Waals surface area contributed by atoms with Gasteiger partial charge in [-0.1, -0.05) is 32.0 Å². The van der Waals surface area contributed by atoms with Crippen molar-refractivity contribution in [2.24, 2.45) is 0 Å². The molecule has 1 aromatic heterocycles. The zero-order valence-corrected chi connectivity index (χ0v) is 14.8. The number of alkyl halides is 1. The second-order valence-corrected chi connectivity index (χ2v) is 5.91. The zero-order valence-electron chi connectivity index (χ0n) is 14.8. The Morgan fingerprint density at radius 2 is 2.04 bits per heavy atom. The SMILES string of the molecule is C=[N+](C(=O)Nc1ccc(C)nc1OCCF)c1ccccc1C(C)C. The monoisotopic (exact) mass is 344 g/mol. The molecule has 5 nitrogen and oxygen atoms in total. The summed E-state index contributed by atoms with van der Waals surface area (Å²) >= 11 is 0. The summed E-state index contributed by atoms with van der Waals surface area (Å²) in [5, 5.41) is 2.73. The van der Waals surface area contributed by atoms with Crippen molar-refractivity contribution >= 4 is 24.1 Å². The predicted molar refractivity (Wildman–Crippen MR) is 97.0 cm³/mol. The van der Waals surface area contributed by atoms with Gasteiger partial charge in [-0.25, -0.2) is 9.37 Å². The number of ether oxygens (including phenoxy) is 1. The molecule has 0 aliphatic carbocycles. The van der Waals surface area contributed by atoms with Crippen LogP contribution in [0.1, 0.15) is 31.0 Å². The maximum Gasteiger partial charge on any atom is 0.501 e. The van der Waals surface area contributed by atoms with Crippen molar-refractivity contribution in [1.29, 1.82) is 0 Å². The molecule has 0 unspecified atom stereocenters. The first-order valence-corrected chi connectivity index (χ1v) is 8.11. The van der Waals surface area contributed by atoms with Crippen molar-refractivity contribution in [3.05, 3.63) is 47.7 Å². The number of nitrogens with zero attached hydrogens (tertiary/aromatic N) is 2. The first kappa shape index (κ1) is 18.6. The van der Waals surface area contributed by atoms with E-state index in [1.54, 1.807) is 19.1 Å². The second-order valence-electron chi connectivity index (χ2n) is 5.91. The number of urea groups is 1. The Morgan fingerprint density at radius 1 is 1.32 bits per heavy atom. The number of aromatic nitrogens is 1. The maximum atomic E-state index is 12.6. The van der Waals surface area contributed by atoms with Gasteiger partial charge in [0.2, 0.25) is 0 Å². The lowest BCUT2D eigenvalue weighted by molar-refractivity contribution is -0.317. The molecule has 2 aromatic rings. The van der Waals surface area contributed by atoms with Crippen molar-refractivity contribution in [2.45, 2.75) is 26.7 Å². The van der Waals surface area contributed by atoms with E-state index in [0.29, 0.717) is 11.4 Å². The van der Waals surface area contributed by atoms with Gasteiger partial charge < -0.3 is 4.74 Å². The number of hydrogen-bond acceptors (Lipinski definition) is 3. The van der Waals surface area contributed by atoms with Gasteiger partial charge in [-0.05, 0) is 31.0 Å². The number of hydrogen-bond donors (Lipinski definition) is 1. The van der Waals surface area contributed by atoms with Gasteiger partial charge in [-0.2, -0.15) is 14.7 Å². The van der Waals surface area contributed by atoms with E-state index in [4.69, 9.17) is 4.74 Å². The third kappa shape index (κ3) is 4.62. The van der Waals surface area contributed by atoms with E-state index in [1.807, 2.05) is 24.3 Å². The fourth-order valence-corrected chi connectivity index (χ4v) is 2.39. The topological polar surface area (TPSA) is 54.2 Å². The van der Waals surface area contributed by atoms with Gasteiger partial charge in [-0.3, -0.25) is 0 Å². The lowest BCUT2D eigenvalue weighted by Crippen LogP contribution is -2.23. The van der Waals surface area contributed by atoms with Gasteiger partial charge >= 0.3 is 6.03 Å². The number of carbonyl (C=O) groups is 1. The second kappa shape index (κ2) is 8.37. The number of nitrogens with one attached hydrogen (secondary N) is 1. The molecule has 0 aliphatic heterocycles. The van der Waals surface area contributed by atoms with Crippen LogP contribution in [0.15, 0.2) is 36.4 Å². The minimum absolute atomic E-state index is 0.121. The number of rotatable bonds is 6. The van der Waals surface area contributed by atoms with E-state index < -0.39 is 12.7 Å². The standard InChI is InChI=1S/C19H22FN3O2/c1-13(2)15-7-5-6-8-17(15)23(4)19(24)22-16-10-9-14(3)21-18(16)25-12-11-20/h5-10,13H,4,11-12H2,1-3H3/p+1. The molecule has 0 bridgehead atoms. The van der Waals surface area contributed by atoms with Gasteiger partial charge in [0.1, 0.15) is 19.0 Å². The van der Waals surface area contributed by atoms with Crippen molar-refractivity contribution in [3.8, 4) is 5.88 Å². The average molecular weight is 344 g/mol. The smallest absolute Gasteiger partial charge is 0.472 e. The molecule has 0 saturated carbocycles. The molecule has 6 heteroatoms. The van der Waals surface area contributed by atoms with E-state index in [2.05, 4.69) is 30.9 Å². The average Bonchev–Trinajstić information content (AvgIpc) is 2.61. The van der Waals surface area contributed by atoms with Crippen molar-refractivity contribution in [3.63, 3.8) is 0 Å². The van der Waals surface area contributed by atoms with Gasteiger partial charge in [0.25, 0.3) is 5.88 Å². The van der Waals surface area contributed by atoms with Crippen LogP contribution in [-0.2, 0) is 0 Å². The lowest BCUT2D eigenvalue weighted by atomic mass is 10.0. The van der Waals surface area contributed by atoms with E-state index in [-0.39, 0.29) is 18.4 Å². The molecule has 1 aromatic carbocycles. The predicted octanol–water partition coefficient (Wildman–Crippen LogP) is 4.44. The van der Waals surface area contributed by atoms with Crippen LogP contribution in [0.2, 0.25) is 0 Å². The number of pyridine rings is 1. The third-order valence-electron chi connectivity index (χ3n) is 3.65. The fourth-order valence-electron chi connectivity index (χ4n) is 2.39. The first-order chi connectivity index (χ1) is 11.9. The number of anilines is 1. The molecule has 2 amide bonds. The van der Waals surface area contributed by atoms with Crippen molar-refractivity contribution in [2.75, 3.05) is 18.6 Å². The minimum atomic E-state index is -0.633. The summed E-state index contributed by atoms with van der Waals surface area (Å²) < 4.78 is 19.0. The normalized spacial score (nSPS) is 10.6. The molecule has 0 aliphatic rings. The Hall–Kier alpha value is -2.76. The summed E-state index contributed by atoms with van der Waals surface area (Å²) in [6, 6.07) is 10.6. The highest BCUT2D eigenvalue weighted by Crippen LogP contribution is 2.27. The summed E-state index contributed by atoms with van der Waals surface area (Å²) in [4.78, 5) is 16.8. The van der Waals surface area contributed by atoms with Crippen LogP contribution in [-0.4, -0.2) is 35.6 Å². The van der Waals surface area contributed by atoms with E-state index >= 15 is 0 Å². The van der Waals surface area contributed by atoms with Crippen LogP contribution >= 0.6 is 0 Å². The highest BCUT2D eigenvalue weighted by atomic mass is 19.1. The molecule has 1 N–H and O–H groups in total. The van der Waals surface area contributed by atoms with E-state index in [0.717, 1.165) is 11.3 Å². The Kier molecular flexibility index (Phi) is 6.22. The van der Waals surface area contributed by atoms with Crippen LogP contribution < -0.4 is 10.1 Å². The minimum Gasteiger partial charge on any atom is -0.472 e. The van der Waals surface area contributed by atoms with Gasteiger partial charge in [-0.15, -0.1) is 0 Å². The van der Waals surface area contributed by atoms with Gasteiger partial charge in [0.15, 0.2) is 5.69 Å². The molecule has 2 rings (SSSR count). The summed E-state index contributed by atoms with van der Waals surface area (Å²) in [6.07, 6.45) is 0. The Balaban J connectivity index is 2.24. The maximum absolute atomic E-state index is 12.6. The molecule has 25 heavy (non-hydrogen) atoms. The Bertz CT molecular complexity index is 775. The van der Waals surface area contributed by atoms with Gasteiger partial charge in [0.05, 0.1) is 6.72 Å². The molecule has 0 atom stereocenters. The van der Waals surface area contributed by atoms with E-state index in [1.165, 1.54) is 4.58 Å². The first-order valence-electron chi connectivity index (χ1n) is 8.11. The van der Waals surface area contributed by atoms with Crippen LogP contribution in [0.5, 0.6) is 5.88 Å². The molecule has 0 radical (unpaired) electrons. The number of benzene rings is 1. The molecule has 1 heterocycles.